The second-order valence-electron chi connectivity index (χ2n) is 5.14. The van der Waals surface area contributed by atoms with Gasteiger partial charge in [-0.15, -0.1) is 0 Å². The molecule has 110 valence electrons. The van der Waals surface area contributed by atoms with Gasteiger partial charge in [-0.3, -0.25) is 4.79 Å². The fraction of sp³-hybridized carbons (Fsp3) is 0.235. The molecule has 21 heavy (non-hydrogen) atoms. The van der Waals surface area contributed by atoms with Crippen LogP contribution in [0.4, 0.5) is 5.69 Å². The molecular weight excluding hydrogens is 262 g/mol. The van der Waals surface area contributed by atoms with Gasteiger partial charge in [0.15, 0.2) is 0 Å². The average Bonchev–Trinajstić information content (AvgIpc) is 2.53. The SMILES string of the molecule is CN(C)c1ccc(CNC(=O)c2ccc(CN)cc2)cc1. The van der Waals surface area contributed by atoms with Crippen molar-refractivity contribution in [2.75, 3.05) is 19.0 Å². The predicted octanol–water partition coefficient (Wildman–Crippen LogP) is 2.14. The van der Waals surface area contributed by atoms with E-state index < -0.39 is 0 Å². The quantitative estimate of drug-likeness (QED) is 0.884. The van der Waals surface area contributed by atoms with Crippen LogP contribution in [-0.2, 0) is 13.1 Å². The van der Waals surface area contributed by atoms with E-state index in [1.54, 1.807) is 12.1 Å². The van der Waals surface area contributed by atoms with E-state index in [1.165, 1.54) is 0 Å². The largest absolute Gasteiger partial charge is 0.378 e. The fourth-order valence-corrected chi connectivity index (χ4v) is 1.99. The van der Waals surface area contributed by atoms with Gasteiger partial charge in [-0.1, -0.05) is 24.3 Å². The van der Waals surface area contributed by atoms with E-state index in [0.717, 1.165) is 16.8 Å². The van der Waals surface area contributed by atoms with E-state index in [9.17, 15) is 4.79 Å². The first kappa shape index (κ1) is 15.1. The van der Waals surface area contributed by atoms with E-state index in [4.69, 9.17) is 5.73 Å². The Hall–Kier alpha value is -2.33. The summed E-state index contributed by atoms with van der Waals surface area (Å²) in [4.78, 5) is 14.1. The molecular formula is C17H21N3O. The lowest BCUT2D eigenvalue weighted by Crippen LogP contribution is -2.22. The summed E-state index contributed by atoms with van der Waals surface area (Å²) >= 11 is 0. The van der Waals surface area contributed by atoms with Gasteiger partial charge in [0.25, 0.3) is 5.91 Å². The van der Waals surface area contributed by atoms with Gasteiger partial charge < -0.3 is 16.0 Å². The van der Waals surface area contributed by atoms with Crippen LogP contribution < -0.4 is 16.0 Å². The molecule has 0 saturated heterocycles. The van der Waals surface area contributed by atoms with Crippen LogP contribution in [0, 0.1) is 0 Å². The standard InChI is InChI=1S/C17H21N3O/c1-20(2)16-9-5-14(6-10-16)12-19-17(21)15-7-3-13(11-18)4-8-15/h3-10H,11-12,18H2,1-2H3,(H,19,21). The molecule has 0 unspecified atom stereocenters. The molecule has 2 aromatic rings. The van der Waals surface area contributed by atoms with E-state index in [-0.39, 0.29) is 5.91 Å². The van der Waals surface area contributed by atoms with Crippen molar-refractivity contribution in [1.82, 2.24) is 5.32 Å². The van der Waals surface area contributed by atoms with Gasteiger partial charge in [-0.05, 0) is 35.4 Å². The monoisotopic (exact) mass is 283 g/mol. The van der Waals surface area contributed by atoms with Gasteiger partial charge in [-0.2, -0.15) is 0 Å². The molecule has 0 aliphatic heterocycles. The molecule has 0 saturated carbocycles. The molecule has 4 nitrogen and oxygen atoms in total. The summed E-state index contributed by atoms with van der Waals surface area (Å²) in [6, 6.07) is 15.5. The molecule has 0 fully saturated rings. The van der Waals surface area contributed by atoms with E-state index in [1.807, 2.05) is 55.4 Å². The Bertz CT molecular complexity index is 588. The topological polar surface area (TPSA) is 58.4 Å². The Labute approximate surface area is 125 Å². The zero-order valence-electron chi connectivity index (χ0n) is 12.5. The van der Waals surface area contributed by atoms with Crippen molar-refractivity contribution in [3.05, 3.63) is 65.2 Å². The normalized spacial score (nSPS) is 10.2. The molecule has 0 aliphatic rings. The second-order valence-corrected chi connectivity index (χ2v) is 5.14. The van der Waals surface area contributed by atoms with Crippen LogP contribution in [0.2, 0.25) is 0 Å². The fourth-order valence-electron chi connectivity index (χ4n) is 1.99. The molecule has 0 aromatic heterocycles. The minimum absolute atomic E-state index is 0.0738. The number of nitrogens with zero attached hydrogens (tertiary/aromatic N) is 1. The summed E-state index contributed by atoms with van der Waals surface area (Å²) < 4.78 is 0. The number of anilines is 1. The smallest absolute Gasteiger partial charge is 0.251 e. The number of rotatable bonds is 5. The third kappa shape index (κ3) is 4.07. The maximum Gasteiger partial charge on any atom is 0.251 e. The molecule has 0 spiro atoms. The maximum absolute atomic E-state index is 12.0. The first-order valence-corrected chi connectivity index (χ1v) is 6.93. The summed E-state index contributed by atoms with van der Waals surface area (Å²) in [5, 5.41) is 2.92. The van der Waals surface area contributed by atoms with Crippen molar-refractivity contribution in [1.29, 1.82) is 0 Å². The number of nitrogens with one attached hydrogen (secondary N) is 1. The molecule has 2 aromatic carbocycles. The summed E-state index contributed by atoms with van der Waals surface area (Å²) in [5.41, 5.74) is 9.43. The highest BCUT2D eigenvalue weighted by Crippen LogP contribution is 2.12. The molecule has 4 heteroatoms. The second kappa shape index (κ2) is 6.90. The summed E-state index contributed by atoms with van der Waals surface area (Å²) in [6.07, 6.45) is 0. The average molecular weight is 283 g/mol. The van der Waals surface area contributed by atoms with Crippen LogP contribution >= 0.6 is 0 Å². The van der Waals surface area contributed by atoms with Crippen molar-refractivity contribution in [2.24, 2.45) is 5.73 Å². The first-order chi connectivity index (χ1) is 10.1. The van der Waals surface area contributed by atoms with Gasteiger partial charge in [0.1, 0.15) is 0 Å². The summed E-state index contributed by atoms with van der Waals surface area (Å²) in [6.45, 7) is 1.01. The van der Waals surface area contributed by atoms with Gasteiger partial charge >= 0.3 is 0 Å². The Morgan fingerprint density at radius 3 is 2.10 bits per heavy atom. The summed E-state index contributed by atoms with van der Waals surface area (Å²) in [5.74, 6) is -0.0738. The number of hydrogen-bond donors (Lipinski definition) is 2. The highest BCUT2D eigenvalue weighted by molar-refractivity contribution is 5.94. The number of amides is 1. The van der Waals surface area contributed by atoms with Crippen LogP contribution in [-0.4, -0.2) is 20.0 Å². The van der Waals surface area contributed by atoms with Crippen molar-refractivity contribution in [3.63, 3.8) is 0 Å². The third-order valence-electron chi connectivity index (χ3n) is 3.36. The van der Waals surface area contributed by atoms with Crippen molar-refractivity contribution in [3.8, 4) is 0 Å². The van der Waals surface area contributed by atoms with E-state index in [2.05, 4.69) is 5.32 Å². The van der Waals surface area contributed by atoms with Crippen LogP contribution in [0.3, 0.4) is 0 Å². The van der Waals surface area contributed by atoms with Crippen LogP contribution in [0.1, 0.15) is 21.5 Å². The Balaban J connectivity index is 1.93. The van der Waals surface area contributed by atoms with Gasteiger partial charge in [0.2, 0.25) is 0 Å². The predicted molar refractivity (Wildman–Crippen MR) is 86.3 cm³/mol. The van der Waals surface area contributed by atoms with Gasteiger partial charge in [-0.25, -0.2) is 0 Å². The molecule has 0 bridgehead atoms. The van der Waals surface area contributed by atoms with Crippen LogP contribution in [0.5, 0.6) is 0 Å². The highest BCUT2D eigenvalue weighted by atomic mass is 16.1. The minimum Gasteiger partial charge on any atom is -0.378 e. The number of benzene rings is 2. The molecule has 0 aliphatic carbocycles. The van der Waals surface area contributed by atoms with Crippen LogP contribution in [0.15, 0.2) is 48.5 Å². The number of hydrogen-bond acceptors (Lipinski definition) is 3. The third-order valence-corrected chi connectivity index (χ3v) is 3.36. The Morgan fingerprint density at radius 2 is 1.57 bits per heavy atom. The number of carbonyl (C=O) groups is 1. The van der Waals surface area contributed by atoms with Crippen molar-refractivity contribution >= 4 is 11.6 Å². The van der Waals surface area contributed by atoms with Crippen molar-refractivity contribution < 1.29 is 4.79 Å². The number of nitrogens with two attached hydrogens (primary N) is 1. The van der Waals surface area contributed by atoms with Gasteiger partial charge in [0, 0.05) is 38.4 Å². The lowest BCUT2D eigenvalue weighted by Gasteiger charge is -2.13. The first-order valence-electron chi connectivity index (χ1n) is 6.93. The minimum atomic E-state index is -0.0738. The van der Waals surface area contributed by atoms with Gasteiger partial charge in [0.05, 0.1) is 0 Å². The molecule has 0 atom stereocenters. The Kier molecular flexibility index (Phi) is 4.95. The lowest BCUT2D eigenvalue weighted by molar-refractivity contribution is 0.0951. The molecule has 1 amide bonds. The molecule has 3 N–H and O–H groups in total. The van der Waals surface area contributed by atoms with E-state index >= 15 is 0 Å². The van der Waals surface area contributed by atoms with E-state index in [0.29, 0.717) is 18.7 Å². The molecule has 0 heterocycles. The number of carbonyl (C=O) groups excluding carboxylic acids is 1. The molecule has 2 rings (SSSR count). The summed E-state index contributed by atoms with van der Waals surface area (Å²) in [7, 11) is 4.00. The zero-order chi connectivity index (χ0) is 15.2. The maximum atomic E-state index is 12.0. The van der Waals surface area contributed by atoms with Crippen LogP contribution in [0.25, 0.3) is 0 Å². The molecule has 0 radical (unpaired) electrons. The van der Waals surface area contributed by atoms with Crippen molar-refractivity contribution in [2.45, 2.75) is 13.1 Å². The zero-order valence-corrected chi connectivity index (χ0v) is 12.5. The lowest BCUT2D eigenvalue weighted by atomic mass is 10.1. The Morgan fingerprint density at radius 1 is 1.00 bits per heavy atom. The highest BCUT2D eigenvalue weighted by Gasteiger charge is 2.05.